The predicted molar refractivity (Wildman–Crippen MR) is 109 cm³/mol. The maximum absolute atomic E-state index is 12.1. The summed E-state index contributed by atoms with van der Waals surface area (Å²) in [5.74, 6) is 1.53. The number of pyridine rings is 1. The van der Waals surface area contributed by atoms with E-state index in [1.807, 2.05) is 73.7 Å². The fourth-order valence-corrected chi connectivity index (χ4v) is 2.62. The molecule has 3 rings (SSSR count). The van der Waals surface area contributed by atoms with Gasteiger partial charge in [-0.25, -0.2) is 4.98 Å². The number of nitrogens with zero attached hydrogens (tertiary/aromatic N) is 1. The highest BCUT2D eigenvalue weighted by atomic mass is 16.5. The van der Waals surface area contributed by atoms with Gasteiger partial charge < -0.3 is 15.4 Å². The molecule has 0 bridgehead atoms. The Morgan fingerprint density at radius 2 is 1.70 bits per heavy atom. The van der Waals surface area contributed by atoms with Gasteiger partial charge in [0.2, 0.25) is 5.91 Å². The fraction of sp³-hybridized carbons (Fsp3) is 0.182. The van der Waals surface area contributed by atoms with Crippen LogP contribution >= 0.6 is 0 Å². The number of amides is 1. The molecule has 5 heteroatoms. The summed E-state index contributed by atoms with van der Waals surface area (Å²) < 4.78 is 5.43. The van der Waals surface area contributed by atoms with Crippen LogP contribution in [-0.4, -0.2) is 17.5 Å². The minimum atomic E-state index is -0.0205. The van der Waals surface area contributed by atoms with Crippen LogP contribution < -0.4 is 15.4 Å². The highest BCUT2D eigenvalue weighted by Gasteiger charge is 2.04. The number of hydrogen-bond acceptors (Lipinski definition) is 4. The second-order valence-corrected chi connectivity index (χ2v) is 6.05. The Morgan fingerprint density at radius 1 is 0.963 bits per heavy atom. The molecule has 0 atom stereocenters. The van der Waals surface area contributed by atoms with E-state index in [-0.39, 0.29) is 5.91 Å². The summed E-state index contributed by atoms with van der Waals surface area (Å²) in [6.07, 6.45) is 2.81. The average Bonchev–Trinajstić information content (AvgIpc) is 2.70. The van der Waals surface area contributed by atoms with Crippen LogP contribution in [0.5, 0.6) is 5.75 Å². The monoisotopic (exact) mass is 361 g/mol. The van der Waals surface area contributed by atoms with Crippen molar-refractivity contribution in [1.82, 2.24) is 4.98 Å². The number of ether oxygens (including phenoxy) is 1. The van der Waals surface area contributed by atoms with Crippen molar-refractivity contribution in [3.8, 4) is 5.75 Å². The quantitative estimate of drug-likeness (QED) is 0.605. The molecule has 2 aromatic carbocycles. The molecule has 0 spiro atoms. The number of hydrogen-bond donors (Lipinski definition) is 2. The van der Waals surface area contributed by atoms with Gasteiger partial charge in [-0.3, -0.25) is 4.79 Å². The third-order valence-corrected chi connectivity index (χ3v) is 3.97. The van der Waals surface area contributed by atoms with E-state index >= 15 is 0 Å². The number of benzene rings is 2. The van der Waals surface area contributed by atoms with Crippen molar-refractivity contribution in [3.05, 3.63) is 78.5 Å². The summed E-state index contributed by atoms with van der Waals surface area (Å²) in [6, 6.07) is 21.3. The molecular formula is C22H23N3O2. The van der Waals surface area contributed by atoms with E-state index in [0.717, 1.165) is 23.4 Å². The summed E-state index contributed by atoms with van der Waals surface area (Å²) in [5.41, 5.74) is 2.76. The van der Waals surface area contributed by atoms with Gasteiger partial charge in [-0.05, 0) is 55.3 Å². The summed E-state index contributed by atoms with van der Waals surface area (Å²) in [6.45, 7) is 2.60. The van der Waals surface area contributed by atoms with Gasteiger partial charge in [-0.1, -0.05) is 30.3 Å². The Bertz CT molecular complexity index is 847. The molecular weight excluding hydrogens is 338 g/mol. The van der Waals surface area contributed by atoms with Crippen LogP contribution in [0.4, 0.5) is 17.2 Å². The maximum Gasteiger partial charge on any atom is 0.224 e. The summed E-state index contributed by atoms with van der Waals surface area (Å²) in [4.78, 5) is 16.4. The molecule has 0 saturated heterocycles. The molecule has 0 aliphatic heterocycles. The fourth-order valence-electron chi connectivity index (χ4n) is 2.62. The smallest absolute Gasteiger partial charge is 0.224 e. The van der Waals surface area contributed by atoms with Crippen LogP contribution in [0, 0.1) is 0 Å². The second-order valence-electron chi connectivity index (χ2n) is 6.05. The first-order valence-electron chi connectivity index (χ1n) is 9.02. The zero-order valence-electron chi connectivity index (χ0n) is 15.3. The van der Waals surface area contributed by atoms with Gasteiger partial charge in [0.05, 0.1) is 18.5 Å². The van der Waals surface area contributed by atoms with E-state index < -0.39 is 0 Å². The van der Waals surface area contributed by atoms with Gasteiger partial charge >= 0.3 is 0 Å². The van der Waals surface area contributed by atoms with Crippen molar-refractivity contribution in [3.63, 3.8) is 0 Å². The SMILES string of the molecule is CCOc1ccc(Nc2ccc(NC(=O)CCc3ccccc3)cn2)cc1. The van der Waals surface area contributed by atoms with E-state index in [4.69, 9.17) is 4.74 Å². The Labute approximate surface area is 159 Å². The first kappa shape index (κ1) is 18.5. The van der Waals surface area contributed by atoms with Crippen LogP contribution in [-0.2, 0) is 11.2 Å². The molecule has 1 heterocycles. The molecule has 5 nitrogen and oxygen atoms in total. The van der Waals surface area contributed by atoms with Gasteiger partial charge in [-0.2, -0.15) is 0 Å². The van der Waals surface area contributed by atoms with Crippen molar-refractivity contribution < 1.29 is 9.53 Å². The Balaban J connectivity index is 1.50. The molecule has 0 unspecified atom stereocenters. The van der Waals surface area contributed by atoms with E-state index in [1.54, 1.807) is 6.20 Å². The lowest BCUT2D eigenvalue weighted by atomic mass is 10.1. The molecule has 138 valence electrons. The van der Waals surface area contributed by atoms with Crippen molar-refractivity contribution in [2.24, 2.45) is 0 Å². The second kappa shape index (κ2) is 9.38. The number of anilines is 3. The average molecular weight is 361 g/mol. The summed E-state index contributed by atoms with van der Waals surface area (Å²) in [5, 5.41) is 6.10. The molecule has 0 aliphatic rings. The van der Waals surface area contributed by atoms with Crippen LogP contribution in [0.25, 0.3) is 0 Å². The minimum Gasteiger partial charge on any atom is -0.494 e. The zero-order chi connectivity index (χ0) is 18.9. The minimum absolute atomic E-state index is 0.0205. The van der Waals surface area contributed by atoms with Gasteiger partial charge in [0, 0.05) is 12.1 Å². The number of nitrogens with one attached hydrogen (secondary N) is 2. The van der Waals surface area contributed by atoms with E-state index in [1.165, 1.54) is 0 Å². The first-order chi connectivity index (χ1) is 13.2. The van der Waals surface area contributed by atoms with Gasteiger partial charge in [-0.15, -0.1) is 0 Å². The molecule has 1 aromatic heterocycles. The summed E-state index contributed by atoms with van der Waals surface area (Å²) in [7, 11) is 0. The van der Waals surface area contributed by atoms with Crippen LogP contribution in [0.2, 0.25) is 0 Å². The Morgan fingerprint density at radius 3 is 2.37 bits per heavy atom. The molecule has 27 heavy (non-hydrogen) atoms. The highest BCUT2D eigenvalue weighted by Crippen LogP contribution is 2.20. The number of carbonyl (C=O) groups excluding carboxylic acids is 1. The van der Waals surface area contributed by atoms with E-state index in [2.05, 4.69) is 15.6 Å². The van der Waals surface area contributed by atoms with Gasteiger partial charge in [0.25, 0.3) is 0 Å². The molecule has 0 aliphatic carbocycles. The number of rotatable bonds is 8. The molecule has 1 amide bonds. The number of aromatic nitrogens is 1. The maximum atomic E-state index is 12.1. The third kappa shape index (κ3) is 5.85. The Kier molecular flexibility index (Phi) is 6.41. The van der Waals surface area contributed by atoms with Crippen molar-refractivity contribution in [1.29, 1.82) is 0 Å². The van der Waals surface area contributed by atoms with E-state index in [0.29, 0.717) is 24.5 Å². The molecule has 3 aromatic rings. The zero-order valence-corrected chi connectivity index (χ0v) is 15.3. The Hall–Kier alpha value is -3.34. The topological polar surface area (TPSA) is 63.2 Å². The van der Waals surface area contributed by atoms with Crippen molar-refractivity contribution in [2.75, 3.05) is 17.2 Å². The summed E-state index contributed by atoms with van der Waals surface area (Å²) >= 11 is 0. The van der Waals surface area contributed by atoms with E-state index in [9.17, 15) is 4.79 Å². The largest absolute Gasteiger partial charge is 0.494 e. The molecule has 2 N–H and O–H groups in total. The lowest BCUT2D eigenvalue weighted by Crippen LogP contribution is -2.12. The number of aryl methyl sites for hydroxylation is 1. The van der Waals surface area contributed by atoms with Crippen LogP contribution in [0.1, 0.15) is 18.9 Å². The predicted octanol–water partition coefficient (Wildman–Crippen LogP) is 4.80. The van der Waals surface area contributed by atoms with Crippen LogP contribution in [0.3, 0.4) is 0 Å². The lowest BCUT2D eigenvalue weighted by molar-refractivity contribution is -0.116. The van der Waals surface area contributed by atoms with Gasteiger partial charge in [0.1, 0.15) is 11.6 Å². The van der Waals surface area contributed by atoms with Gasteiger partial charge in [0.15, 0.2) is 0 Å². The lowest BCUT2D eigenvalue weighted by Gasteiger charge is -2.09. The van der Waals surface area contributed by atoms with Crippen LogP contribution in [0.15, 0.2) is 72.9 Å². The third-order valence-electron chi connectivity index (χ3n) is 3.97. The van der Waals surface area contributed by atoms with Crippen molar-refractivity contribution >= 4 is 23.1 Å². The normalized spacial score (nSPS) is 10.3. The molecule has 0 saturated carbocycles. The standard InChI is InChI=1S/C22H23N3O2/c1-2-27-20-12-9-18(10-13-20)24-21-14-11-19(16-23-21)25-22(26)15-8-17-6-4-3-5-7-17/h3-7,9-14,16H,2,8,15H2,1H3,(H,23,24)(H,25,26). The number of carbonyl (C=O) groups is 1. The molecule has 0 fully saturated rings. The highest BCUT2D eigenvalue weighted by molar-refractivity contribution is 5.90. The van der Waals surface area contributed by atoms with Crippen molar-refractivity contribution in [2.45, 2.75) is 19.8 Å². The molecule has 0 radical (unpaired) electrons. The first-order valence-corrected chi connectivity index (χ1v) is 9.02.